The van der Waals surface area contributed by atoms with Gasteiger partial charge in [0.2, 0.25) is 0 Å². The van der Waals surface area contributed by atoms with Crippen LogP contribution in [0.5, 0.6) is 5.75 Å². The number of aromatic amines is 1. The number of hydrogen-bond acceptors (Lipinski definition) is 2. The van der Waals surface area contributed by atoms with E-state index in [4.69, 9.17) is 10.5 Å². The van der Waals surface area contributed by atoms with E-state index in [1.165, 1.54) is 5.56 Å². The molecule has 0 radical (unpaired) electrons. The predicted molar refractivity (Wildman–Crippen MR) is 62.2 cm³/mol. The standard InChI is InChI=1S/C12H16N2O/c1-8(13)5-9-6-11-10(3-4-14-11)12(7-9)15-2/h3-4,6-8,14H,5,13H2,1-2H3. The molecular formula is C12H16N2O. The van der Waals surface area contributed by atoms with Gasteiger partial charge in [-0.15, -0.1) is 0 Å². The van der Waals surface area contributed by atoms with Gasteiger partial charge in [0.15, 0.2) is 0 Å². The first-order valence-corrected chi connectivity index (χ1v) is 5.10. The molecule has 1 aromatic heterocycles. The molecule has 0 saturated heterocycles. The van der Waals surface area contributed by atoms with Gasteiger partial charge >= 0.3 is 0 Å². The van der Waals surface area contributed by atoms with Gasteiger partial charge in [0.05, 0.1) is 7.11 Å². The second-order valence-corrected chi connectivity index (χ2v) is 3.92. The summed E-state index contributed by atoms with van der Waals surface area (Å²) < 4.78 is 5.35. The summed E-state index contributed by atoms with van der Waals surface area (Å²) in [6.07, 6.45) is 2.79. The van der Waals surface area contributed by atoms with Crippen molar-refractivity contribution < 1.29 is 4.74 Å². The van der Waals surface area contributed by atoms with E-state index in [1.54, 1.807) is 7.11 Å². The molecule has 0 aliphatic rings. The van der Waals surface area contributed by atoms with Crippen LogP contribution in [0.1, 0.15) is 12.5 Å². The highest BCUT2D eigenvalue weighted by molar-refractivity contribution is 5.86. The molecule has 1 atom stereocenters. The van der Waals surface area contributed by atoms with Crippen LogP contribution in [0, 0.1) is 0 Å². The van der Waals surface area contributed by atoms with E-state index in [-0.39, 0.29) is 6.04 Å². The van der Waals surface area contributed by atoms with Gasteiger partial charge in [-0.25, -0.2) is 0 Å². The van der Waals surface area contributed by atoms with Crippen LogP contribution in [0.25, 0.3) is 10.9 Å². The maximum Gasteiger partial charge on any atom is 0.128 e. The first-order valence-electron chi connectivity index (χ1n) is 5.10. The van der Waals surface area contributed by atoms with E-state index >= 15 is 0 Å². The lowest BCUT2D eigenvalue weighted by Gasteiger charge is -2.08. The molecule has 0 saturated carbocycles. The predicted octanol–water partition coefficient (Wildman–Crippen LogP) is 2.07. The molecular weight excluding hydrogens is 188 g/mol. The summed E-state index contributed by atoms with van der Waals surface area (Å²) in [5.41, 5.74) is 8.09. The second-order valence-electron chi connectivity index (χ2n) is 3.92. The largest absolute Gasteiger partial charge is 0.496 e. The molecule has 2 aromatic rings. The molecule has 3 heteroatoms. The van der Waals surface area contributed by atoms with Gasteiger partial charge in [0.25, 0.3) is 0 Å². The Kier molecular flexibility index (Phi) is 2.64. The van der Waals surface area contributed by atoms with Crippen LogP contribution in [-0.4, -0.2) is 18.1 Å². The van der Waals surface area contributed by atoms with Crippen molar-refractivity contribution in [1.29, 1.82) is 0 Å². The Morgan fingerprint density at radius 2 is 2.27 bits per heavy atom. The normalized spacial score (nSPS) is 13.0. The van der Waals surface area contributed by atoms with Crippen LogP contribution in [0.15, 0.2) is 24.4 Å². The number of H-pyrrole nitrogens is 1. The van der Waals surface area contributed by atoms with Crippen molar-refractivity contribution in [3.8, 4) is 5.75 Å². The van der Waals surface area contributed by atoms with E-state index in [1.807, 2.05) is 19.2 Å². The smallest absolute Gasteiger partial charge is 0.128 e. The summed E-state index contributed by atoms with van der Waals surface area (Å²) in [6.45, 7) is 2.01. The van der Waals surface area contributed by atoms with Crippen molar-refractivity contribution in [3.63, 3.8) is 0 Å². The number of nitrogens with two attached hydrogens (primary N) is 1. The highest BCUT2D eigenvalue weighted by Gasteiger charge is 2.06. The fourth-order valence-corrected chi connectivity index (χ4v) is 1.85. The highest BCUT2D eigenvalue weighted by atomic mass is 16.5. The monoisotopic (exact) mass is 204 g/mol. The summed E-state index contributed by atoms with van der Waals surface area (Å²) >= 11 is 0. The summed E-state index contributed by atoms with van der Waals surface area (Å²) in [4.78, 5) is 3.19. The zero-order valence-electron chi connectivity index (χ0n) is 9.08. The average Bonchev–Trinajstić information content (AvgIpc) is 2.63. The minimum absolute atomic E-state index is 0.169. The van der Waals surface area contributed by atoms with Crippen molar-refractivity contribution >= 4 is 10.9 Å². The van der Waals surface area contributed by atoms with Gasteiger partial charge in [-0.05, 0) is 37.1 Å². The molecule has 1 unspecified atom stereocenters. The molecule has 1 aromatic carbocycles. The zero-order valence-corrected chi connectivity index (χ0v) is 9.08. The lowest BCUT2D eigenvalue weighted by atomic mass is 10.1. The molecule has 0 bridgehead atoms. The Bertz CT molecular complexity index is 460. The molecule has 3 nitrogen and oxygen atoms in total. The third kappa shape index (κ3) is 1.97. The molecule has 0 fully saturated rings. The molecule has 80 valence electrons. The lowest BCUT2D eigenvalue weighted by Crippen LogP contribution is -2.17. The molecule has 2 rings (SSSR count). The minimum Gasteiger partial charge on any atom is -0.496 e. The molecule has 3 N–H and O–H groups in total. The van der Waals surface area contributed by atoms with Gasteiger partial charge in [-0.2, -0.15) is 0 Å². The van der Waals surface area contributed by atoms with Gasteiger partial charge in [0.1, 0.15) is 5.75 Å². The number of aromatic nitrogens is 1. The van der Waals surface area contributed by atoms with E-state index in [0.717, 1.165) is 23.1 Å². The van der Waals surface area contributed by atoms with Crippen molar-refractivity contribution in [2.24, 2.45) is 5.73 Å². The number of methoxy groups -OCH3 is 1. The quantitative estimate of drug-likeness (QED) is 0.804. The number of nitrogens with one attached hydrogen (secondary N) is 1. The number of hydrogen-bond donors (Lipinski definition) is 2. The summed E-state index contributed by atoms with van der Waals surface area (Å²) in [5, 5.41) is 1.12. The van der Waals surface area contributed by atoms with Crippen LogP contribution in [0.4, 0.5) is 0 Å². The van der Waals surface area contributed by atoms with Crippen LogP contribution in [0.3, 0.4) is 0 Å². The number of fused-ring (bicyclic) bond motifs is 1. The first kappa shape index (κ1) is 10.1. The Labute approximate surface area is 89.2 Å². The molecule has 0 spiro atoms. The fourth-order valence-electron chi connectivity index (χ4n) is 1.85. The number of rotatable bonds is 3. The molecule has 0 aliphatic heterocycles. The first-order chi connectivity index (χ1) is 7.20. The van der Waals surface area contributed by atoms with E-state index in [9.17, 15) is 0 Å². The second kappa shape index (κ2) is 3.95. The topological polar surface area (TPSA) is 51.0 Å². The van der Waals surface area contributed by atoms with Crippen LogP contribution < -0.4 is 10.5 Å². The van der Waals surface area contributed by atoms with Gasteiger partial charge < -0.3 is 15.5 Å². The Morgan fingerprint density at radius 1 is 1.47 bits per heavy atom. The summed E-state index contributed by atoms with van der Waals surface area (Å²) in [5.74, 6) is 0.907. The number of benzene rings is 1. The van der Waals surface area contributed by atoms with E-state index in [2.05, 4.69) is 17.1 Å². The van der Waals surface area contributed by atoms with Crippen molar-refractivity contribution in [1.82, 2.24) is 4.98 Å². The summed E-state index contributed by atoms with van der Waals surface area (Å²) in [7, 11) is 1.69. The van der Waals surface area contributed by atoms with E-state index in [0.29, 0.717) is 0 Å². The molecule has 1 heterocycles. The zero-order chi connectivity index (χ0) is 10.8. The molecule has 0 aliphatic carbocycles. The van der Waals surface area contributed by atoms with E-state index < -0.39 is 0 Å². The van der Waals surface area contributed by atoms with Gasteiger partial charge in [0, 0.05) is 23.1 Å². The van der Waals surface area contributed by atoms with Crippen LogP contribution in [-0.2, 0) is 6.42 Å². The maximum absolute atomic E-state index is 5.78. The average molecular weight is 204 g/mol. The lowest BCUT2D eigenvalue weighted by molar-refractivity contribution is 0.419. The Hall–Kier alpha value is -1.48. The van der Waals surface area contributed by atoms with Crippen LogP contribution in [0.2, 0.25) is 0 Å². The minimum atomic E-state index is 0.169. The third-order valence-corrected chi connectivity index (χ3v) is 2.47. The highest BCUT2D eigenvalue weighted by Crippen LogP contribution is 2.26. The fraction of sp³-hybridized carbons (Fsp3) is 0.333. The summed E-state index contributed by atoms with van der Waals surface area (Å²) in [6, 6.07) is 6.37. The molecule has 0 amide bonds. The Balaban J connectivity index is 2.49. The van der Waals surface area contributed by atoms with Crippen molar-refractivity contribution in [2.45, 2.75) is 19.4 Å². The number of ether oxygens (including phenoxy) is 1. The van der Waals surface area contributed by atoms with Crippen molar-refractivity contribution in [2.75, 3.05) is 7.11 Å². The Morgan fingerprint density at radius 3 is 2.93 bits per heavy atom. The SMILES string of the molecule is COc1cc(CC(C)N)cc2[nH]ccc12. The van der Waals surface area contributed by atoms with Crippen LogP contribution >= 0.6 is 0 Å². The molecule has 15 heavy (non-hydrogen) atoms. The van der Waals surface area contributed by atoms with Gasteiger partial charge in [-0.3, -0.25) is 0 Å². The van der Waals surface area contributed by atoms with Crippen molar-refractivity contribution in [3.05, 3.63) is 30.0 Å². The maximum atomic E-state index is 5.78. The third-order valence-electron chi connectivity index (χ3n) is 2.47. The van der Waals surface area contributed by atoms with Gasteiger partial charge in [-0.1, -0.05) is 0 Å².